The highest BCUT2D eigenvalue weighted by Crippen LogP contribution is 2.61. The fraction of sp³-hybridized carbons (Fsp3) is 0.286. The van der Waals surface area contributed by atoms with Gasteiger partial charge in [0.25, 0.3) is 0 Å². The fourth-order valence-corrected chi connectivity index (χ4v) is 9.90. The Morgan fingerprint density at radius 3 is 2.73 bits per heavy atom. The summed E-state index contributed by atoms with van der Waals surface area (Å²) in [6.07, 6.45) is 2.29. The minimum Gasteiger partial charge on any atom is -0.0572 e. The van der Waals surface area contributed by atoms with Crippen molar-refractivity contribution < 1.29 is 0 Å². The van der Waals surface area contributed by atoms with Gasteiger partial charge in [-0.15, -0.1) is 0 Å². The van der Waals surface area contributed by atoms with Crippen LogP contribution in [0.15, 0.2) is 20.4 Å². The highest BCUT2D eigenvalue weighted by Gasteiger charge is 2.24. The first-order valence-electron chi connectivity index (χ1n) is 3.21. The molecule has 2 heterocycles. The first kappa shape index (κ1) is 8.48. The number of rotatable bonds is 0. The van der Waals surface area contributed by atoms with Crippen molar-refractivity contribution >= 4 is 50.9 Å². The van der Waals surface area contributed by atoms with Crippen molar-refractivity contribution in [1.29, 1.82) is 0 Å². The van der Waals surface area contributed by atoms with Gasteiger partial charge >= 0.3 is 0 Å². The van der Waals surface area contributed by atoms with E-state index in [1.807, 2.05) is 21.6 Å². The van der Waals surface area contributed by atoms with Crippen molar-refractivity contribution in [1.82, 2.24) is 0 Å². The van der Waals surface area contributed by atoms with Crippen molar-refractivity contribution in [2.45, 2.75) is 13.8 Å². The van der Waals surface area contributed by atoms with E-state index >= 15 is 0 Å². The lowest BCUT2D eigenvalue weighted by molar-refractivity contribution is 1.69. The van der Waals surface area contributed by atoms with Crippen molar-refractivity contribution in [2.75, 3.05) is 0 Å². The van der Waals surface area contributed by atoms with Gasteiger partial charge in [0.05, 0.1) is 0 Å². The summed E-state index contributed by atoms with van der Waals surface area (Å²) in [6, 6.07) is 0. The maximum absolute atomic E-state index is 3.61. The van der Waals surface area contributed by atoms with Crippen LogP contribution < -0.4 is 0 Å². The Morgan fingerprint density at radius 1 is 1.36 bits per heavy atom. The average molecular weight is 267 g/mol. The van der Waals surface area contributed by atoms with Crippen molar-refractivity contribution in [3.05, 3.63) is 20.4 Å². The van der Waals surface area contributed by atoms with Crippen molar-refractivity contribution in [2.24, 2.45) is 0 Å². The smallest absolute Gasteiger partial charge is 0.0421 e. The molecule has 1 unspecified atom stereocenters. The highest BCUT2D eigenvalue weighted by molar-refractivity contribution is 9.19. The van der Waals surface area contributed by atoms with E-state index in [0.29, 0.717) is 8.55 Å². The Balaban J connectivity index is 2.41. The predicted molar refractivity (Wildman–Crippen MR) is 63.2 cm³/mol. The lowest BCUT2D eigenvalue weighted by Gasteiger charge is -1.97. The van der Waals surface area contributed by atoms with Crippen LogP contribution in [-0.4, -0.2) is 4.86 Å². The highest BCUT2D eigenvalue weighted by atomic mass is 79.9. The summed E-state index contributed by atoms with van der Waals surface area (Å²) >= 11 is 3.61. The fourth-order valence-electron chi connectivity index (χ4n) is 0.943. The topological polar surface area (TPSA) is 0 Å². The first-order valence-corrected chi connectivity index (χ1v) is 7.90. The van der Waals surface area contributed by atoms with E-state index in [-0.39, 0.29) is 0 Å². The van der Waals surface area contributed by atoms with Crippen LogP contribution in [0.2, 0.25) is 0 Å². The number of halogens is 1. The van der Waals surface area contributed by atoms with Gasteiger partial charge in [0.1, 0.15) is 0 Å². The molecule has 2 aliphatic heterocycles. The van der Waals surface area contributed by atoms with E-state index in [1.54, 1.807) is 0 Å². The molecule has 0 saturated carbocycles. The molecule has 4 heteroatoms. The van der Waals surface area contributed by atoms with Gasteiger partial charge in [0, 0.05) is 14.3 Å². The van der Waals surface area contributed by atoms with E-state index in [0.717, 1.165) is 0 Å². The third-order valence-corrected chi connectivity index (χ3v) is 9.56. The summed E-state index contributed by atoms with van der Waals surface area (Å²) in [5.41, 5.74) is 0. The first-order chi connectivity index (χ1) is 5.18. The Hall–Kier alpha value is 0.880. The summed E-state index contributed by atoms with van der Waals surface area (Å²) in [4.78, 5) is 4.37. The Morgan fingerprint density at radius 2 is 2.09 bits per heavy atom. The van der Waals surface area contributed by atoms with E-state index in [1.165, 1.54) is 19.2 Å². The molecular weight excluding hydrogens is 260 g/mol. The number of allylic oxidation sites excluding steroid dienone is 4. The van der Waals surface area contributed by atoms with Crippen LogP contribution in [0.25, 0.3) is 0 Å². The largest absolute Gasteiger partial charge is 0.0572 e. The SMILES string of the molecule is CC1=CC2=S(S1)SC(C)=C2Br. The predicted octanol–water partition coefficient (Wildman–Crippen LogP) is 4.28. The van der Waals surface area contributed by atoms with Crippen LogP contribution in [0.5, 0.6) is 0 Å². The molecule has 2 rings (SSSR count). The third kappa shape index (κ3) is 1.39. The van der Waals surface area contributed by atoms with E-state index in [4.69, 9.17) is 0 Å². The van der Waals surface area contributed by atoms with Crippen LogP contribution in [0.3, 0.4) is 0 Å². The molecule has 0 bridgehead atoms. The molecule has 0 fully saturated rings. The molecular formula is C7H7BrS3. The molecule has 0 radical (unpaired) electrons. The average Bonchev–Trinajstić information content (AvgIpc) is 2.37. The molecule has 0 amide bonds. The zero-order valence-electron chi connectivity index (χ0n) is 6.18. The second-order valence-corrected chi connectivity index (χ2v) is 9.32. The van der Waals surface area contributed by atoms with Gasteiger partial charge in [-0.05, 0) is 40.8 Å². The molecule has 0 nitrogen and oxygen atoms in total. The maximum atomic E-state index is 3.61. The lowest BCUT2D eigenvalue weighted by atomic mass is 10.3. The van der Waals surface area contributed by atoms with Gasteiger partial charge in [-0.3, -0.25) is 0 Å². The van der Waals surface area contributed by atoms with Crippen molar-refractivity contribution in [3.63, 3.8) is 0 Å². The van der Waals surface area contributed by atoms with Crippen LogP contribution in [0.1, 0.15) is 13.8 Å². The molecule has 60 valence electrons. The van der Waals surface area contributed by atoms with Crippen LogP contribution in [0, 0.1) is 0 Å². The number of hydrogen-bond donors (Lipinski definition) is 0. The summed E-state index contributed by atoms with van der Waals surface area (Å²) in [7, 11) is 4.35. The third-order valence-electron chi connectivity index (χ3n) is 1.45. The van der Waals surface area contributed by atoms with Gasteiger partial charge in [0.15, 0.2) is 0 Å². The summed E-state index contributed by atoms with van der Waals surface area (Å²) in [6.45, 7) is 4.36. The minimum atomic E-state index is 0.378. The number of hydrogen-bond acceptors (Lipinski definition) is 2. The zero-order valence-corrected chi connectivity index (χ0v) is 10.2. The Bertz CT molecular complexity index is 312. The molecule has 0 spiro atoms. The second kappa shape index (κ2) is 2.98. The van der Waals surface area contributed by atoms with Gasteiger partial charge in [-0.1, -0.05) is 30.1 Å². The van der Waals surface area contributed by atoms with E-state index < -0.39 is 0 Å². The monoisotopic (exact) mass is 266 g/mol. The van der Waals surface area contributed by atoms with E-state index in [2.05, 4.69) is 35.9 Å². The molecule has 0 saturated heterocycles. The Labute approximate surface area is 84.7 Å². The minimum absolute atomic E-state index is 0.378. The molecule has 0 aliphatic carbocycles. The van der Waals surface area contributed by atoms with Gasteiger partial charge in [0.2, 0.25) is 0 Å². The normalized spacial score (nSPS) is 29.5. The molecule has 0 N–H and O–H groups in total. The molecule has 0 aromatic rings. The second-order valence-electron chi connectivity index (χ2n) is 2.39. The summed E-state index contributed by atoms with van der Waals surface area (Å²) in [5.74, 6) is 0. The summed E-state index contributed by atoms with van der Waals surface area (Å²) < 4.78 is 1.33. The van der Waals surface area contributed by atoms with Crippen LogP contribution >= 0.6 is 46.1 Å². The van der Waals surface area contributed by atoms with Gasteiger partial charge in [-0.25, -0.2) is 0 Å². The van der Waals surface area contributed by atoms with Gasteiger partial charge < -0.3 is 0 Å². The van der Waals surface area contributed by atoms with Gasteiger partial charge in [-0.2, -0.15) is 0 Å². The standard InChI is InChI=1S/C7H7BrS3/c1-4-3-6-7(8)5(2)10-11(6)9-4/h3H,1-2H3. The summed E-state index contributed by atoms with van der Waals surface area (Å²) in [5, 5.41) is 0. The molecule has 0 aromatic heterocycles. The molecule has 1 atom stereocenters. The zero-order chi connectivity index (χ0) is 8.01. The molecule has 2 aliphatic rings. The van der Waals surface area contributed by atoms with Crippen LogP contribution in [0.4, 0.5) is 0 Å². The maximum Gasteiger partial charge on any atom is 0.0421 e. The van der Waals surface area contributed by atoms with E-state index in [9.17, 15) is 0 Å². The van der Waals surface area contributed by atoms with Crippen LogP contribution in [-0.2, 0) is 0 Å². The lowest BCUT2D eigenvalue weighted by Crippen LogP contribution is -1.85. The van der Waals surface area contributed by atoms with Crippen molar-refractivity contribution in [3.8, 4) is 0 Å². The Kier molecular flexibility index (Phi) is 2.30. The molecule has 0 aromatic carbocycles. The molecule has 11 heavy (non-hydrogen) atoms. The quantitative estimate of drug-likeness (QED) is 0.474.